The number of aromatic hydroxyl groups is 1. The number of aromatic nitrogens is 1. The highest BCUT2D eigenvalue weighted by Gasteiger charge is 2.46. The molecule has 4 rings (SSSR count). The Balaban J connectivity index is 1.71. The van der Waals surface area contributed by atoms with Crippen LogP contribution in [0.4, 0.5) is 4.79 Å². The zero-order valence-corrected chi connectivity index (χ0v) is 18.5. The van der Waals surface area contributed by atoms with Crippen LogP contribution in [0.1, 0.15) is 5.56 Å². The van der Waals surface area contributed by atoms with Crippen molar-refractivity contribution < 1.29 is 27.9 Å². The van der Waals surface area contributed by atoms with Crippen molar-refractivity contribution in [1.29, 1.82) is 0 Å². The summed E-state index contributed by atoms with van der Waals surface area (Å²) >= 11 is 0. The summed E-state index contributed by atoms with van der Waals surface area (Å²) in [4.78, 5) is 24.7. The van der Waals surface area contributed by atoms with Gasteiger partial charge >= 0.3 is 6.03 Å². The molecular weight excluding hydrogens is 448 g/mol. The summed E-state index contributed by atoms with van der Waals surface area (Å²) in [6.45, 7) is -0.160. The van der Waals surface area contributed by atoms with Gasteiger partial charge in [0.2, 0.25) is 15.6 Å². The second kappa shape index (κ2) is 8.16. The van der Waals surface area contributed by atoms with E-state index in [9.17, 15) is 23.1 Å². The molecule has 4 N–H and O–H groups in total. The molecule has 0 bridgehead atoms. The minimum absolute atomic E-state index is 0.0663. The zero-order valence-electron chi connectivity index (χ0n) is 17.7. The van der Waals surface area contributed by atoms with Crippen LogP contribution >= 0.6 is 0 Å². The molecule has 0 radical (unpaired) electrons. The van der Waals surface area contributed by atoms with Gasteiger partial charge in [-0.1, -0.05) is 11.8 Å². The molecule has 0 saturated carbocycles. The third kappa shape index (κ3) is 4.09. The second-order valence-electron chi connectivity index (χ2n) is 7.33. The van der Waals surface area contributed by atoms with Gasteiger partial charge in [-0.15, -0.1) is 0 Å². The van der Waals surface area contributed by atoms with Crippen LogP contribution in [0.25, 0.3) is 10.8 Å². The van der Waals surface area contributed by atoms with Gasteiger partial charge in [0.1, 0.15) is 5.75 Å². The number of hydrogen-bond acceptors (Lipinski definition) is 6. The van der Waals surface area contributed by atoms with Crippen molar-refractivity contribution >= 4 is 32.7 Å². The third-order valence-electron chi connectivity index (χ3n) is 5.27. The Morgan fingerprint density at radius 2 is 1.91 bits per heavy atom. The zero-order chi connectivity index (χ0) is 23.8. The van der Waals surface area contributed by atoms with Crippen LogP contribution in [0.3, 0.4) is 0 Å². The molecule has 10 nitrogen and oxygen atoms in total. The van der Waals surface area contributed by atoms with Gasteiger partial charge < -0.3 is 19.7 Å². The highest BCUT2D eigenvalue weighted by Crippen LogP contribution is 2.32. The Bertz CT molecular complexity index is 1430. The first kappa shape index (κ1) is 22.2. The van der Waals surface area contributed by atoms with Gasteiger partial charge in [-0.05, 0) is 49.5 Å². The lowest BCUT2D eigenvalue weighted by atomic mass is 10.00. The Hall–Kier alpha value is -4.01. The number of hydrogen-bond donors (Lipinski definition) is 4. The number of amides is 3. The molecule has 1 saturated heterocycles. The van der Waals surface area contributed by atoms with Crippen molar-refractivity contribution in [2.75, 3.05) is 14.2 Å². The topological polar surface area (TPSA) is 139 Å². The van der Waals surface area contributed by atoms with E-state index in [1.807, 2.05) is 0 Å². The average Bonchev–Trinajstić information content (AvgIpc) is 3.27. The Kier molecular flexibility index (Phi) is 5.49. The van der Waals surface area contributed by atoms with E-state index in [2.05, 4.69) is 27.2 Å². The first-order valence-electron chi connectivity index (χ1n) is 9.74. The highest BCUT2D eigenvalue weighted by molar-refractivity contribution is 7.89. The molecule has 1 aliphatic heterocycles. The maximum Gasteiger partial charge on any atom is 0.323 e. The quantitative estimate of drug-likeness (QED) is 0.324. The molecule has 11 heteroatoms. The maximum absolute atomic E-state index is 12.7. The lowest BCUT2D eigenvalue weighted by molar-refractivity contribution is -0.122. The number of methoxy groups -OCH3 is 1. The molecule has 1 fully saturated rings. The molecule has 170 valence electrons. The average molecular weight is 468 g/mol. The van der Waals surface area contributed by atoms with E-state index in [1.54, 1.807) is 24.4 Å². The van der Waals surface area contributed by atoms with Gasteiger partial charge in [0.15, 0.2) is 5.88 Å². The summed E-state index contributed by atoms with van der Waals surface area (Å²) in [5, 5.41) is 16.6. The largest absolute Gasteiger partial charge is 0.497 e. The fraction of sp³-hybridized carbons (Fsp3) is 0.182. The lowest BCUT2D eigenvalue weighted by Crippen LogP contribution is -2.49. The number of nitrogens with zero attached hydrogens (tertiary/aromatic N) is 1. The number of rotatable bonds is 5. The monoisotopic (exact) mass is 468 g/mol. The summed E-state index contributed by atoms with van der Waals surface area (Å²) in [6, 6.07) is 10.2. The molecule has 0 unspecified atom stereocenters. The van der Waals surface area contributed by atoms with Crippen LogP contribution in [0.15, 0.2) is 53.6 Å². The van der Waals surface area contributed by atoms with Crippen LogP contribution < -0.4 is 20.1 Å². The van der Waals surface area contributed by atoms with Gasteiger partial charge in [0, 0.05) is 22.5 Å². The van der Waals surface area contributed by atoms with Crippen LogP contribution in [0.5, 0.6) is 11.6 Å². The normalized spacial score (nSPS) is 17.9. The summed E-state index contributed by atoms with van der Waals surface area (Å²) in [6.07, 6.45) is 1.64. The van der Waals surface area contributed by atoms with E-state index < -0.39 is 27.5 Å². The number of imide groups is 1. The summed E-state index contributed by atoms with van der Waals surface area (Å²) in [5.41, 5.74) is -1.21. The van der Waals surface area contributed by atoms with E-state index in [-0.39, 0.29) is 17.3 Å². The van der Waals surface area contributed by atoms with Crippen molar-refractivity contribution in [1.82, 2.24) is 19.9 Å². The maximum atomic E-state index is 12.7. The van der Waals surface area contributed by atoms with E-state index in [0.717, 1.165) is 0 Å². The first-order valence-corrected chi connectivity index (χ1v) is 11.2. The Labute approximate surface area is 189 Å². The molecule has 2 aromatic carbocycles. The van der Waals surface area contributed by atoms with Crippen molar-refractivity contribution in [2.24, 2.45) is 0 Å². The van der Waals surface area contributed by atoms with E-state index in [0.29, 0.717) is 22.1 Å². The van der Waals surface area contributed by atoms with Crippen molar-refractivity contribution in [2.45, 2.75) is 17.0 Å². The van der Waals surface area contributed by atoms with Crippen LogP contribution in [0.2, 0.25) is 0 Å². The molecule has 0 aliphatic carbocycles. The number of fused-ring (bicyclic) bond motifs is 1. The molecule has 2 heterocycles. The summed E-state index contributed by atoms with van der Waals surface area (Å²) in [5.74, 6) is 5.38. The molecule has 33 heavy (non-hydrogen) atoms. The van der Waals surface area contributed by atoms with Gasteiger partial charge in [-0.25, -0.2) is 17.9 Å². The molecule has 1 atom stereocenters. The summed E-state index contributed by atoms with van der Waals surface area (Å²) in [7, 11) is -0.774. The molecule has 3 aromatic rings. The molecule has 1 aromatic heterocycles. The first-order chi connectivity index (χ1) is 15.7. The number of urea groups is 1. The minimum atomic E-state index is -3.60. The van der Waals surface area contributed by atoms with Crippen LogP contribution in [0, 0.1) is 11.8 Å². The smallest absolute Gasteiger partial charge is 0.323 e. The standard InChI is InChI=1S/C22H20N4O6S/c1-23-33(30,31)17-7-3-14(4-8-17)9-10-22(20(28)24-21(29)25-22)13-26-12-15-5-6-16(32-2)11-18(15)19(26)27/h3-8,11-12,23,27H,13H2,1-2H3,(H2,24,25,28,29)/t22-/m1/s1. The van der Waals surface area contributed by atoms with Gasteiger partial charge in [-0.3, -0.25) is 10.1 Å². The van der Waals surface area contributed by atoms with E-state index >= 15 is 0 Å². The molecule has 0 spiro atoms. The second-order valence-corrected chi connectivity index (χ2v) is 9.22. The number of ether oxygens (including phenoxy) is 1. The predicted octanol–water partition coefficient (Wildman–Crippen LogP) is 0.893. The Morgan fingerprint density at radius 3 is 2.52 bits per heavy atom. The number of sulfonamides is 1. The fourth-order valence-corrected chi connectivity index (χ4v) is 4.20. The van der Waals surface area contributed by atoms with Gasteiger partial charge in [0.05, 0.1) is 18.6 Å². The van der Waals surface area contributed by atoms with Crippen molar-refractivity contribution in [3.8, 4) is 23.5 Å². The number of nitrogens with one attached hydrogen (secondary N) is 3. The number of carbonyl (C=O) groups excluding carboxylic acids is 2. The minimum Gasteiger partial charge on any atom is -0.497 e. The lowest BCUT2D eigenvalue weighted by Gasteiger charge is -2.20. The molecular formula is C22H20N4O6S. The molecule has 3 amide bonds. The number of benzene rings is 2. The number of carbonyl (C=O) groups is 2. The summed E-state index contributed by atoms with van der Waals surface area (Å²) < 4.78 is 32.6. The van der Waals surface area contributed by atoms with Crippen molar-refractivity contribution in [3.63, 3.8) is 0 Å². The predicted molar refractivity (Wildman–Crippen MR) is 119 cm³/mol. The SMILES string of the molecule is CNS(=O)(=O)c1ccc(C#C[C@]2(Cn3cc4ccc(OC)cc4c3O)NC(=O)NC2=O)cc1. The van der Waals surface area contributed by atoms with Gasteiger partial charge in [0.25, 0.3) is 5.91 Å². The van der Waals surface area contributed by atoms with E-state index in [4.69, 9.17) is 4.74 Å². The Morgan fingerprint density at radius 1 is 1.18 bits per heavy atom. The fourth-order valence-electron chi connectivity index (χ4n) is 3.47. The van der Waals surface area contributed by atoms with Crippen LogP contribution in [-0.2, 0) is 21.4 Å². The highest BCUT2D eigenvalue weighted by atomic mass is 32.2. The third-order valence-corrected chi connectivity index (χ3v) is 6.70. The van der Waals surface area contributed by atoms with Gasteiger partial charge in [-0.2, -0.15) is 0 Å². The van der Waals surface area contributed by atoms with E-state index in [1.165, 1.54) is 43.0 Å². The molecule has 1 aliphatic rings. The van der Waals surface area contributed by atoms with Crippen molar-refractivity contribution in [3.05, 3.63) is 54.2 Å². The van der Waals surface area contributed by atoms with Crippen LogP contribution in [-0.4, -0.2) is 49.7 Å².